The lowest BCUT2D eigenvalue weighted by atomic mass is 10.1. The number of carbonyl (C=O) groups excluding carboxylic acids is 2. The summed E-state index contributed by atoms with van der Waals surface area (Å²) in [4.78, 5) is 24.5. The highest BCUT2D eigenvalue weighted by molar-refractivity contribution is 6.01. The molecule has 2 aromatic carbocycles. The highest BCUT2D eigenvalue weighted by Gasteiger charge is 2.20. The Morgan fingerprint density at radius 2 is 1.48 bits per heavy atom. The third-order valence-corrected chi connectivity index (χ3v) is 3.48. The van der Waals surface area contributed by atoms with Gasteiger partial charge in [0.25, 0.3) is 0 Å². The van der Waals surface area contributed by atoms with Crippen molar-refractivity contribution in [1.82, 2.24) is 0 Å². The van der Waals surface area contributed by atoms with Crippen molar-refractivity contribution in [1.29, 1.82) is 0 Å². The summed E-state index contributed by atoms with van der Waals surface area (Å²) in [5.41, 5.74) is 2.89. The first-order chi connectivity index (χ1) is 10.9. The molecule has 0 saturated carbocycles. The molecule has 0 aliphatic heterocycles. The first kappa shape index (κ1) is 16.7. The number of ketones is 1. The van der Waals surface area contributed by atoms with E-state index >= 15 is 0 Å². The quantitative estimate of drug-likeness (QED) is 0.623. The number of hydrogen-bond donors (Lipinski definition) is 0. The van der Waals surface area contributed by atoms with Gasteiger partial charge in [-0.05, 0) is 57.2 Å². The van der Waals surface area contributed by atoms with E-state index in [2.05, 4.69) is 0 Å². The Morgan fingerprint density at radius 1 is 0.913 bits per heavy atom. The van der Waals surface area contributed by atoms with E-state index in [0.29, 0.717) is 16.9 Å². The first-order valence-electron chi connectivity index (χ1n) is 7.38. The van der Waals surface area contributed by atoms with Crippen LogP contribution in [0, 0.1) is 13.8 Å². The molecule has 0 aliphatic rings. The fourth-order valence-corrected chi connectivity index (χ4v) is 2.36. The Labute approximate surface area is 136 Å². The monoisotopic (exact) mass is 312 g/mol. The molecule has 0 spiro atoms. The van der Waals surface area contributed by atoms with Gasteiger partial charge in [0.2, 0.25) is 5.78 Å². The van der Waals surface area contributed by atoms with E-state index < -0.39 is 12.1 Å². The number of methoxy groups -OCH3 is 1. The molecule has 0 saturated heterocycles. The Balaban J connectivity index is 2.09. The van der Waals surface area contributed by atoms with Crippen LogP contribution in [0.5, 0.6) is 5.75 Å². The average molecular weight is 312 g/mol. The molecule has 0 N–H and O–H groups in total. The van der Waals surface area contributed by atoms with Crippen LogP contribution in [0.4, 0.5) is 0 Å². The van der Waals surface area contributed by atoms with Gasteiger partial charge >= 0.3 is 5.97 Å². The molecule has 0 bridgehead atoms. The van der Waals surface area contributed by atoms with Crippen LogP contribution in [0.3, 0.4) is 0 Å². The second kappa shape index (κ2) is 7.09. The maximum absolute atomic E-state index is 12.3. The number of hydrogen-bond acceptors (Lipinski definition) is 4. The predicted octanol–water partition coefficient (Wildman–Crippen LogP) is 3.74. The molecular formula is C19H20O4. The van der Waals surface area contributed by atoms with Gasteiger partial charge in [-0.2, -0.15) is 0 Å². The van der Waals surface area contributed by atoms with Crippen molar-refractivity contribution in [2.45, 2.75) is 26.9 Å². The van der Waals surface area contributed by atoms with Crippen LogP contribution in [0.25, 0.3) is 0 Å². The number of Topliss-reactive ketones (excluding diaryl/α,β-unsaturated/α-hetero) is 1. The highest BCUT2D eigenvalue weighted by Crippen LogP contribution is 2.15. The van der Waals surface area contributed by atoms with Gasteiger partial charge in [-0.3, -0.25) is 4.79 Å². The molecule has 2 rings (SSSR count). The molecule has 1 atom stereocenters. The Kier molecular flexibility index (Phi) is 5.16. The van der Waals surface area contributed by atoms with Crippen molar-refractivity contribution in [3.8, 4) is 5.75 Å². The summed E-state index contributed by atoms with van der Waals surface area (Å²) < 4.78 is 10.4. The average Bonchev–Trinajstić information content (AvgIpc) is 2.53. The zero-order valence-corrected chi connectivity index (χ0v) is 13.8. The molecule has 0 radical (unpaired) electrons. The van der Waals surface area contributed by atoms with Gasteiger partial charge in [-0.15, -0.1) is 0 Å². The Hall–Kier alpha value is -2.62. The third-order valence-electron chi connectivity index (χ3n) is 3.48. The molecular weight excluding hydrogens is 292 g/mol. The molecule has 120 valence electrons. The van der Waals surface area contributed by atoms with Crippen LogP contribution in [0.15, 0.2) is 42.5 Å². The summed E-state index contributed by atoms with van der Waals surface area (Å²) in [5, 5.41) is 0. The van der Waals surface area contributed by atoms with Crippen molar-refractivity contribution < 1.29 is 19.1 Å². The van der Waals surface area contributed by atoms with Crippen molar-refractivity contribution in [2.24, 2.45) is 0 Å². The fourth-order valence-electron chi connectivity index (χ4n) is 2.36. The van der Waals surface area contributed by atoms with E-state index in [1.54, 1.807) is 50.4 Å². The summed E-state index contributed by atoms with van der Waals surface area (Å²) in [6, 6.07) is 12.2. The maximum atomic E-state index is 12.3. The van der Waals surface area contributed by atoms with E-state index in [-0.39, 0.29) is 5.78 Å². The van der Waals surface area contributed by atoms with Gasteiger partial charge in [0, 0.05) is 5.56 Å². The second-order valence-corrected chi connectivity index (χ2v) is 5.52. The number of aryl methyl sites for hydroxylation is 2. The summed E-state index contributed by atoms with van der Waals surface area (Å²) in [5.74, 6) is -0.0713. The van der Waals surface area contributed by atoms with Crippen LogP contribution >= 0.6 is 0 Å². The van der Waals surface area contributed by atoms with Crippen LogP contribution in [-0.4, -0.2) is 25.0 Å². The SMILES string of the molecule is COc1ccc(C(=O)C(C)OC(=O)c2cc(C)cc(C)c2)cc1. The van der Waals surface area contributed by atoms with Crippen molar-refractivity contribution in [2.75, 3.05) is 7.11 Å². The molecule has 0 aliphatic carbocycles. The topological polar surface area (TPSA) is 52.6 Å². The summed E-state index contributed by atoms with van der Waals surface area (Å²) in [6.07, 6.45) is -0.850. The van der Waals surface area contributed by atoms with Crippen LogP contribution in [0.1, 0.15) is 38.8 Å². The number of carbonyl (C=O) groups is 2. The summed E-state index contributed by atoms with van der Waals surface area (Å²) >= 11 is 0. The van der Waals surface area contributed by atoms with E-state index in [4.69, 9.17) is 9.47 Å². The largest absolute Gasteiger partial charge is 0.497 e. The standard InChI is InChI=1S/C19H20O4/c1-12-9-13(2)11-16(10-12)19(21)23-14(3)18(20)15-5-7-17(22-4)8-6-15/h5-11,14H,1-4H3. The van der Waals surface area contributed by atoms with E-state index in [1.807, 2.05) is 19.9 Å². The normalized spacial score (nSPS) is 11.7. The lowest BCUT2D eigenvalue weighted by Gasteiger charge is -2.13. The number of ether oxygens (including phenoxy) is 2. The van der Waals surface area contributed by atoms with Gasteiger partial charge in [0.15, 0.2) is 6.10 Å². The van der Waals surface area contributed by atoms with Crippen LogP contribution in [-0.2, 0) is 4.74 Å². The minimum Gasteiger partial charge on any atom is -0.497 e. The summed E-state index contributed by atoms with van der Waals surface area (Å²) in [6.45, 7) is 5.40. The summed E-state index contributed by atoms with van der Waals surface area (Å²) in [7, 11) is 1.56. The van der Waals surface area contributed by atoms with E-state index in [0.717, 1.165) is 11.1 Å². The van der Waals surface area contributed by atoms with Gasteiger partial charge in [0.05, 0.1) is 12.7 Å². The number of rotatable bonds is 5. The molecule has 0 fully saturated rings. The van der Waals surface area contributed by atoms with Crippen molar-refractivity contribution >= 4 is 11.8 Å². The molecule has 23 heavy (non-hydrogen) atoms. The van der Waals surface area contributed by atoms with Gasteiger partial charge < -0.3 is 9.47 Å². The van der Waals surface area contributed by atoms with E-state index in [1.165, 1.54) is 0 Å². The van der Waals surface area contributed by atoms with Crippen LogP contribution < -0.4 is 4.74 Å². The zero-order valence-electron chi connectivity index (χ0n) is 13.8. The molecule has 2 aromatic rings. The zero-order chi connectivity index (χ0) is 17.0. The highest BCUT2D eigenvalue weighted by atomic mass is 16.5. The lowest BCUT2D eigenvalue weighted by molar-refractivity contribution is 0.0318. The molecule has 0 aromatic heterocycles. The Morgan fingerprint density at radius 3 is 2.00 bits per heavy atom. The van der Waals surface area contributed by atoms with Gasteiger partial charge in [0.1, 0.15) is 5.75 Å². The van der Waals surface area contributed by atoms with Crippen molar-refractivity contribution in [3.63, 3.8) is 0 Å². The second-order valence-electron chi connectivity index (χ2n) is 5.52. The smallest absolute Gasteiger partial charge is 0.338 e. The van der Waals surface area contributed by atoms with E-state index in [9.17, 15) is 9.59 Å². The maximum Gasteiger partial charge on any atom is 0.338 e. The molecule has 4 heteroatoms. The molecule has 0 amide bonds. The lowest BCUT2D eigenvalue weighted by Crippen LogP contribution is -2.24. The van der Waals surface area contributed by atoms with Crippen LogP contribution in [0.2, 0.25) is 0 Å². The first-order valence-corrected chi connectivity index (χ1v) is 7.38. The van der Waals surface area contributed by atoms with Crippen molar-refractivity contribution in [3.05, 3.63) is 64.7 Å². The molecule has 0 heterocycles. The predicted molar refractivity (Wildman–Crippen MR) is 88.1 cm³/mol. The molecule has 4 nitrogen and oxygen atoms in total. The molecule has 1 unspecified atom stereocenters. The number of esters is 1. The number of benzene rings is 2. The fraction of sp³-hybridized carbons (Fsp3) is 0.263. The minimum atomic E-state index is -0.850. The third kappa shape index (κ3) is 4.19. The van der Waals surface area contributed by atoms with Gasteiger partial charge in [-0.1, -0.05) is 17.2 Å². The minimum absolute atomic E-state index is 0.245. The Bertz CT molecular complexity index is 696. The van der Waals surface area contributed by atoms with Gasteiger partial charge in [-0.25, -0.2) is 4.79 Å².